The molecule has 1 heterocycles. The molecule has 2 aliphatic carbocycles. The Labute approximate surface area is 229 Å². The number of H-pyrrole nitrogens is 1. The minimum atomic E-state index is 1.10. The van der Waals surface area contributed by atoms with Crippen molar-refractivity contribution in [1.29, 1.82) is 0 Å². The molecular weight excluding hydrogens is 470 g/mol. The van der Waals surface area contributed by atoms with Crippen molar-refractivity contribution in [3.8, 4) is 22.3 Å². The zero-order valence-electron chi connectivity index (χ0n) is 21.8. The predicted molar refractivity (Wildman–Crippen MR) is 165 cm³/mol. The minimum absolute atomic E-state index is 1.10. The normalized spacial score (nSPS) is 11.9. The van der Waals surface area contributed by atoms with Crippen molar-refractivity contribution in [2.24, 2.45) is 0 Å². The third kappa shape index (κ3) is 4.43. The lowest BCUT2D eigenvalue weighted by atomic mass is 10.1. The van der Waals surface area contributed by atoms with Gasteiger partial charge in [-0.15, -0.1) is 0 Å². The van der Waals surface area contributed by atoms with Crippen LogP contribution in [0.4, 0.5) is 0 Å². The van der Waals surface area contributed by atoms with Crippen molar-refractivity contribution in [2.75, 3.05) is 0 Å². The van der Waals surface area contributed by atoms with Crippen molar-refractivity contribution < 1.29 is 0 Å². The summed E-state index contributed by atoms with van der Waals surface area (Å²) in [5, 5.41) is 2.61. The Bertz CT molecular complexity index is 1700. The summed E-state index contributed by atoms with van der Waals surface area (Å²) in [5.74, 6) is 0. The highest BCUT2D eigenvalue weighted by molar-refractivity contribution is 6.07. The van der Waals surface area contributed by atoms with Crippen LogP contribution in [0.15, 0.2) is 146 Å². The maximum Gasteiger partial charge on any atom is 0.0464 e. The van der Waals surface area contributed by atoms with Crippen LogP contribution in [-0.4, -0.2) is 4.98 Å². The molecule has 1 N–H and O–H groups in total. The van der Waals surface area contributed by atoms with Gasteiger partial charge in [0, 0.05) is 21.8 Å². The number of nitrogens with one attached hydrogen (secondary N) is 1. The van der Waals surface area contributed by atoms with Gasteiger partial charge in [0.2, 0.25) is 0 Å². The van der Waals surface area contributed by atoms with Crippen molar-refractivity contribution in [1.82, 2.24) is 4.98 Å². The summed E-state index contributed by atoms with van der Waals surface area (Å²) in [6.07, 6.45) is 2.21. The van der Waals surface area contributed by atoms with Gasteiger partial charge in [-0.25, -0.2) is 0 Å². The minimum Gasteiger partial charge on any atom is -0.355 e. The molecule has 0 amide bonds. The third-order valence-electron chi connectivity index (χ3n) is 7.83. The summed E-state index contributed by atoms with van der Waals surface area (Å²) in [7, 11) is 0. The smallest absolute Gasteiger partial charge is 0.0464 e. The molecular formula is C38H29N. The zero-order chi connectivity index (χ0) is 26.0. The average Bonchev–Trinajstić information content (AvgIpc) is 3.69. The van der Waals surface area contributed by atoms with Crippen LogP contribution in [0.5, 0.6) is 0 Å². The topological polar surface area (TPSA) is 15.8 Å². The van der Waals surface area contributed by atoms with Gasteiger partial charge in [0.1, 0.15) is 0 Å². The Morgan fingerprint density at radius 1 is 0.308 bits per heavy atom. The number of para-hydroxylation sites is 2. The van der Waals surface area contributed by atoms with Crippen molar-refractivity contribution >= 4 is 21.8 Å². The fourth-order valence-electron chi connectivity index (χ4n) is 5.96. The highest BCUT2D eigenvalue weighted by Gasteiger charge is 2.16. The summed E-state index contributed by atoms with van der Waals surface area (Å²) in [6, 6.07) is 51.4. The van der Waals surface area contributed by atoms with Crippen LogP contribution in [-0.2, 0) is 12.8 Å². The van der Waals surface area contributed by atoms with Crippen LogP contribution in [0.1, 0.15) is 22.3 Å². The van der Waals surface area contributed by atoms with Crippen molar-refractivity contribution in [3.63, 3.8) is 0 Å². The molecule has 0 radical (unpaired) electrons. The van der Waals surface area contributed by atoms with E-state index in [1.807, 2.05) is 0 Å². The van der Waals surface area contributed by atoms with Crippen molar-refractivity contribution in [2.45, 2.75) is 12.8 Å². The lowest BCUT2D eigenvalue weighted by molar-refractivity contribution is 1.26. The highest BCUT2D eigenvalue weighted by atomic mass is 14.7. The molecule has 0 bridgehead atoms. The summed E-state index contributed by atoms with van der Waals surface area (Å²) in [5.41, 5.74) is 13.9. The van der Waals surface area contributed by atoms with E-state index in [-0.39, 0.29) is 0 Å². The van der Waals surface area contributed by atoms with Gasteiger partial charge in [-0.05, 0) is 69.5 Å². The Hall–Kier alpha value is -4.88. The molecule has 0 saturated carbocycles. The fourth-order valence-corrected chi connectivity index (χ4v) is 5.96. The van der Waals surface area contributed by atoms with Gasteiger partial charge >= 0.3 is 0 Å². The van der Waals surface area contributed by atoms with Crippen molar-refractivity contribution in [3.05, 3.63) is 168 Å². The quantitative estimate of drug-likeness (QED) is 0.214. The van der Waals surface area contributed by atoms with Crippen LogP contribution >= 0.6 is 0 Å². The molecule has 39 heavy (non-hydrogen) atoms. The molecule has 2 aliphatic rings. The number of hydrogen-bond donors (Lipinski definition) is 1. The summed E-state index contributed by atoms with van der Waals surface area (Å²) in [4.78, 5) is 3.38. The molecule has 0 unspecified atom stereocenters. The summed E-state index contributed by atoms with van der Waals surface area (Å²) >= 11 is 0. The van der Waals surface area contributed by atoms with Gasteiger partial charge in [0.15, 0.2) is 0 Å². The van der Waals surface area contributed by atoms with E-state index in [1.54, 1.807) is 0 Å². The van der Waals surface area contributed by atoms with Crippen LogP contribution in [0.3, 0.4) is 0 Å². The van der Waals surface area contributed by atoms with Crippen LogP contribution < -0.4 is 0 Å². The van der Waals surface area contributed by atoms with E-state index in [9.17, 15) is 0 Å². The van der Waals surface area contributed by atoms with Gasteiger partial charge < -0.3 is 4.98 Å². The van der Waals surface area contributed by atoms with Gasteiger partial charge in [0.25, 0.3) is 0 Å². The van der Waals surface area contributed by atoms with E-state index in [1.165, 1.54) is 66.3 Å². The SMILES string of the molecule is c1ccc2c(c1)Cc1ccccc1-2.c1ccc2c(c1)Cc1ccccc1-2.c1ccc2c(c1)[nH]c1ccccc12. The number of hydrogen-bond acceptors (Lipinski definition) is 0. The molecule has 186 valence electrons. The van der Waals surface area contributed by atoms with Crippen LogP contribution in [0.25, 0.3) is 44.1 Å². The maximum atomic E-state index is 3.38. The lowest BCUT2D eigenvalue weighted by Crippen LogP contribution is -1.77. The first kappa shape index (κ1) is 23.3. The molecule has 1 heteroatoms. The number of benzene rings is 6. The molecule has 1 aromatic heterocycles. The Balaban J connectivity index is 0.0000000974. The molecule has 0 fully saturated rings. The summed E-state index contributed by atoms with van der Waals surface area (Å²) < 4.78 is 0. The third-order valence-corrected chi connectivity index (χ3v) is 7.83. The first-order valence-electron chi connectivity index (χ1n) is 13.6. The second-order valence-electron chi connectivity index (χ2n) is 10.2. The maximum absolute atomic E-state index is 3.38. The van der Waals surface area contributed by atoms with Gasteiger partial charge in [-0.2, -0.15) is 0 Å². The Kier molecular flexibility index (Phi) is 6.03. The van der Waals surface area contributed by atoms with Crippen LogP contribution in [0, 0.1) is 0 Å². The standard InChI is InChI=1S/2C13H10.C12H9N/c2*1-3-7-12-10(5-1)9-11-6-2-4-8-13(11)12;1-3-7-11-9(5-1)10-6-2-4-8-12(10)13-11/h2*1-8H,9H2;1-8,13H. The molecule has 7 aromatic rings. The monoisotopic (exact) mass is 499 g/mol. The van der Waals surface area contributed by atoms with Gasteiger partial charge in [-0.1, -0.05) is 133 Å². The second kappa shape index (κ2) is 10.1. The zero-order valence-corrected chi connectivity index (χ0v) is 21.8. The van der Waals surface area contributed by atoms with E-state index in [0.29, 0.717) is 0 Å². The second-order valence-corrected chi connectivity index (χ2v) is 10.2. The number of fused-ring (bicyclic) bond motifs is 9. The van der Waals surface area contributed by atoms with E-state index in [0.717, 1.165) is 12.8 Å². The number of rotatable bonds is 0. The molecule has 1 nitrogen and oxygen atoms in total. The molecule has 0 saturated heterocycles. The van der Waals surface area contributed by atoms with Crippen LogP contribution in [0.2, 0.25) is 0 Å². The molecule has 6 aromatic carbocycles. The molecule has 0 atom stereocenters. The summed E-state index contributed by atoms with van der Waals surface area (Å²) in [6.45, 7) is 0. The largest absolute Gasteiger partial charge is 0.355 e. The van der Waals surface area contributed by atoms with Gasteiger partial charge in [-0.3, -0.25) is 0 Å². The van der Waals surface area contributed by atoms with E-state index < -0.39 is 0 Å². The Morgan fingerprint density at radius 2 is 0.590 bits per heavy atom. The van der Waals surface area contributed by atoms with E-state index >= 15 is 0 Å². The average molecular weight is 500 g/mol. The van der Waals surface area contributed by atoms with Gasteiger partial charge in [0.05, 0.1) is 0 Å². The molecule has 0 spiro atoms. The van der Waals surface area contributed by atoms with E-state index in [4.69, 9.17) is 0 Å². The molecule has 9 rings (SSSR count). The number of aromatic nitrogens is 1. The Morgan fingerprint density at radius 3 is 0.949 bits per heavy atom. The van der Waals surface area contributed by atoms with E-state index in [2.05, 4.69) is 151 Å². The predicted octanol–water partition coefficient (Wildman–Crippen LogP) is 9.84. The lowest BCUT2D eigenvalue weighted by Gasteiger charge is -1.98. The molecule has 0 aliphatic heterocycles. The number of aromatic amines is 1. The highest BCUT2D eigenvalue weighted by Crippen LogP contribution is 2.36. The first-order valence-corrected chi connectivity index (χ1v) is 13.6. The fraction of sp³-hybridized carbons (Fsp3) is 0.0526. The first-order chi connectivity index (χ1) is 19.3.